The first-order valence-electron chi connectivity index (χ1n) is 15.4. The zero-order valence-electron chi connectivity index (χ0n) is 27.0. The van der Waals surface area contributed by atoms with Crippen LogP contribution < -0.4 is 20.4 Å². The molecule has 50 heavy (non-hydrogen) atoms. The summed E-state index contributed by atoms with van der Waals surface area (Å²) in [6.07, 6.45) is -6.06. The van der Waals surface area contributed by atoms with Gasteiger partial charge in [-0.15, -0.1) is 0 Å². The van der Waals surface area contributed by atoms with Crippen LogP contribution in [0.25, 0.3) is 0 Å². The number of nitriles is 1. The monoisotopic (exact) mass is 732 g/mol. The number of nitrogens with zero attached hydrogens (tertiary/aromatic N) is 4. The van der Waals surface area contributed by atoms with Crippen LogP contribution in [0.1, 0.15) is 61.0 Å². The third kappa shape index (κ3) is 9.88. The molecule has 2 aliphatic rings. The number of carbonyl (C=O) groups excluding carboxylic acids is 2. The molecule has 2 saturated heterocycles. The lowest BCUT2D eigenvalue weighted by Crippen LogP contribution is -2.44. The summed E-state index contributed by atoms with van der Waals surface area (Å²) in [4.78, 5) is 39.6. The number of halogens is 7. The third-order valence-corrected chi connectivity index (χ3v) is 8.31. The van der Waals surface area contributed by atoms with E-state index in [1.165, 1.54) is 43.0 Å². The molecule has 0 bridgehead atoms. The second kappa shape index (κ2) is 16.6. The lowest BCUT2D eigenvalue weighted by Gasteiger charge is -2.29. The summed E-state index contributed by atoms with van der Waals surface area (Å²) in [6, 6.07) is 8.20. The number of carbonyl (C=O) groups is 3. The predicted octanol–water partition coefficient (Wildman–Crippen LogP) is 5.46. The summed E-state index contributed by atoms with van der Waals surface area (Å²) in [7, 11) is 0. The Balaban J connectivity index is 0.000000872. The van der Waals surface area contributed by atoms with Gasteiger partial charge in [-0.05, 0) is 81.8 Å². The average Bonchev–Trinajstić information content (AvgIpc) is 3.22. The van der Waals surface area contributed by atoms with Crippen LogP contribution in [0.5, 0.6) is 0 Å². The minimum atomic E-state index is -5.08. The van der Waals surface area contributed by atoms with Crippen molar-refractivity contribution < 1.29 is 50.2 Å². The molecule has 3 N–H and O–H groups in total. The molecule has 0 atom stereocenters. The molecule has 0 aromatic heterocycles. The Morgan fingerprint density at radius 2 is 1.60 bits per heavy atom. The van der Waals surface area contributed by atoms with Gasteiger partial charge >= 0.3 is 18.3 Å². The predicted molar refractivity (Wildman–Crippen MR) is 173 cm³/mol. The van der Waals surface area contributed by atoms with Crippen LogP contribution in [0.4, 0.5) is 42.1 Å². The molecule has 18 heteroatoms. The lowest BCUT2D eigenvalue weighted by molar-refractivity contribution is -0.192. The van der Waals surface area contributed by atoms with E-state index in [9.17, 15) is 35.9 Å². The largest absolute Gasteiger partial charge is 0.490 e. The summed E-state index contributed by atoms with van der Waals surface area (Å²) < 4.78 is 87.6. The number of hydrogen-bond donors (Lipinski definition) is 3. The normalized spacial score (nSPS) is 16.5. The van der Waals surface area contributed by atoms with Crippen LogP contribution in [-0.4, -0.2) is 83.9 Å². The van der Waals surface area contributed by atoms with Gasteiger partial charge < -0.3 is 25.5 Å². The smallest absolute Gasteiger partial charge is 0.475 e. The zero-order valence-corrected chi connectivity index (χ0v) is 27.9. The Morgan fingerprint density at radius 1 is 1.00 bits per heavy atom. The highest BCUT2D eigenvalue weighted by Crippen LogP contribution is 2.40. The van der Waals surface area contributed by atoms with E-state index in [4.69, 9.17) is 27.4 Å². The van der Waals surface area contributed by atoms with E-state index in [2.05, 4.69) is 15.5 Å². The highest BCUT2D eigenvalue weighted by Gasteiger charge is 2.51. The van der Waals surface area contributed by atoms with Gasteiger partial charge in [0.2, 0.25) is 0 Å². The molecule has 0 saturated carbocycles. The van der Waals surface area contributed by atoms with Gasteiger partial charge in [-0.1, -0.05) is 12.8 Å². The first-order chi connectivity index (χ1) is 23.3. The van der Waals surface area contributed by atoms with Crippen molar-refractivity contribution in [3.63, 3.8) is 0 Å². The Kier molecular flexibility index (Phi) is 13.3. The van der Waals surface area contributed by atoms with Crippen molar-refractivity contribution in [3.8, 4) is 6.07 Å². The fourth-order valence-electron chi connectivity index (χ4n) is 5.33. The van der Waals surface area contributed by atoms with Crippen molar-refractivity contribution in [3.05, 3.63) is 58.9 Å². The molecule has 2 aromatic carbocycles. The summed E-state index contributed by atoms with van der Waals surface area (Å²) in [5, 5.41) is 22.1. The van der Waals surface area contributed by atoms with Crippen molar-refractivity contribution in [1.82, 2.24) is 15.5 Å². The van der Waals surface area contributed by atoms with E-state index < -0.39 is 52.6 Å². The number of thiocarbonyl (C=S) groups is 1. The molecule has 0 spiro atoms. The van der Waals surface area contributed by atoms with Gasteiger partial charge in [-0.3, -0.25) is 14.5 Å². The standard InChI is InChI=1S/C30H34F4N6O2S.C2HF3O2/c1-29(2)27(42)39(21-8-7-20(19-35)24(17-21)30(32,33)34)28(43)40(29)22-9-10-23(25(31)18-22)26(41)37-11-5-3-4-6-14-38-15-12-36-13-16-38;3-2(4,5)1(6)7/h7-10,17-18,36H,3-6,11-16H2,1-2H3,(H,37,41);(H,6,7). The Labute approximate surface area is 288 Å². The van der Waals surface area contributed by atoms with Crippen LogP contribution in [0.3, 0.4) is 0 Å². The Bertz CT molecular complexity index is 1620. The molecule has 272 valence electrons. The first-order valence-corrected chi connectivity index (χ1v) is 15.8. The van der Waals surface area contributed by atoms with E-state index in [1.807, 2.05) is 0 Å². The number of hydrogen-bond acceptors (Lipinski definition) is 7. The van der Waals surface area contributed by atoms with Crippen LogP contribution in [0.2, 0.25) is 0 Å². The molecule has 2 amide bonds. The van der Waals surface area contributed by atoms with Gasteiger partial charge in [0, 0.05) is 38.4 Å². The number of benzene rings is 2. The van der Waals surface area contributed by atoms with Gasteiger partial charge in [0.25, 0.3) is 11.8 Å². The van der Waals surface area contributed by atoms with E-state index in [0.717, 1.165) is 75.4 Å². The number of alkyl halides is 6. The maximum absolute atomic E-state index is 15.2. The quantitative estimate of drug-likeness (QED) is 0.166. The van der Waals surface area contributed by atoms with Crippen molar-refractivity contribution in [2.75, 3.05) is 49.1 Å². The molecule has 0 radical (unpaired) electrons. The second-order valence-corrected chi connectivity index (χ2v) is 12.3. The lowest BCUT2D eigenvalue weighted by atomic mass is 10.0. The number of rotatable bonds is 10. The van der Waals surface area contributed by atoms with E-state index in [-0.39, 0.29) is 22.1 Å². The number of amides is 2. The number of carboxylic acid groups (broad SMARTS) is 1. The second-order valence-electron chi connectivity index (χ2n) is 11.9. The SMILES string of the molecule is CC1(C)C(=O)N(c2ccc(C#N)c(C(F)(F)F)c2)C(=S)N1c1ccc(C(=O)NCCCCCCN2CCNCC2)c(F)c1.O=C(O)C(F)(F)F. The third-order valence-electron chi connectivity index (χ3n) is 7.95. The minimum Gasteiger partial charge on any atom is -0.475 e. The zero-order chi connectivity index (χ0) is 37.4. The maximum Gasteiger partial charge on any atom is 0.490 e. The number of aliphatic carboxylic acids is 1. The number of anilines is 2. The molecule has 0 aliphatic carbocycles. The molecule has 2 aromatic rings. The van der Waals surface area contributed by atoms with Gasteiger partial charge in [-0.2, -0.15) is 31.6 Å². The number of piperazine rings is 1. The fourth-order valence-corrected chi connectivity index (χ4v) is 5.85. The van der Waals surface area contributed by atoms with Crippen molar-refractivity contribution >= 4 is 46.5 Å². The highest BCUT2D eigenvalue weighted by atomic mass is 32.1. The van der Waals surface area contributed by atoms with Crippen molar-refractivity contribution in [2.24, 2.45) is 0 Å². The summed E-state index contributed by atoms with van der Waals surface area (Å²) in [5.74, 6) is -4.78. The first kappa shape index (κ1) is 40.1. The van der Waals surface area contributed by atoms with E-state index in [0.29, 0.717) is 12.6 Å². The summed E-state index contributed by atoms with van der Waals surface area (Å²) in [5.41, 5.74) is -3.35. The number of carboxylic acids is 1. The molecular weight excluding hydrogens is 697 g/mol. The molecule has 10 nitrogen and oxygen atoms in total. The molecular formula is C32H35F7N6O4S. The number of nitrogens with one attached hydrogen (secondary N) is 2. The van der Waals surface area contributed by atoms with Crippen molar-refractivity contribution in [2.45, 2.75) is 57.4 Å². The topological polar surface area (TPSA) is 129 Å². The Morgan fingerprint density at radius 3 is 2.16 bits per heavy atom. The average molecular weight is 733 g/mol. The van der Waals surface area contributed by atoms with Crippen molar-refractivity contribution in [1.29, 1.82) is 5.26 Å². The molecule has 2 aliphatic heterocycles. The van der Waals surface area contributed by atoms with Crippen LogP contribution >= 0.6 is 12.2 Å². The van der Waals surface area contributed by atoms with E-state index in [1.54, 1.807) is 0 Å². The van der Waals surface area contributed by atoms with Gasteiger partial charge in [0.15, 0.2) is 5.11 Å². The number of unbranched alkanes of at least 4 members (excludes halogenated alkanes) is 3. The summed E-state index contributed by atoms with van der Waals surface area (Å²) in [6.45, 7) is 8.67. The van der Waals surface area contributed by atoms with E-state index >= 15 is 4.39 Å². The van der Waals surface area contributed by atoms with Gasteiger partial charge in [-0.25, -0.2) is 9.18 Å². The molecule has 2 heterocycles. The maximum atomic E-state index is 15.2. The van der Waals surface area contributed by atoms with Crippen LogP contribution in [-0.2, 0) is 15.8 Å². The molecule has 4 rings (SSSR count). The van der Waals surface area contributed by atoms with Crippen LogP contribution in [0, 0.1) is 17.1 Å². The van der Waals surface area contributed by atoms with Gasteiger partial charge in [0.1, 0.15) is 11.4 Å². The molecule has 0 unspecified atom stereocenters. The van der Waals surface area contributed by atoms with Crippen LogP contribution in [0.15, 0.2) is 36.4 Å². The summed E-state index contributed by atoms with van der Waals surface area (Å²) >= 11 is 5.49. The minimum absolute atomic E-state index is 0.161. The Hall–Kier alpha value is -4.34. The highest BCUT2D eigenvalue weighted by molar-refractivity contribution is 7.81. The molecule has 2 fully saturated rings. The fraction of sp³-hybridized carbons (Fsp3) is 0.469. The van der Waals surface area contributed by atoms with Gasteiger partial charge in [0.05, 0.1) is 28.4 Å².